The van der Waals surface area contributed by atoms with E-state index in [0.29, 0.717) is 6.42 Å². The highest BCUT2D eigenvalue weighted by atomic mass is 16.6. The number of ketones is 1. The molecule has 2 unspecified atom stereocenters. The molecule has 84 valence electrons. The minimum absolute atomic E-state index is 0.183. The van der Waals surface area contributed by atoms with Gasteiger partial charge in [-0.2, -0.15) is 0 Å². The smallest absolute Gasteiger partial charge is 0.154 e. The normalized spacial score (nSPS) is 15.1. The number of carbonyl (C=O) groups is 1. The molecule has 1 N–H and O–H groups in total. The molecule has 0 aromatic rings. The first-order valence-electron chi connectivity index (χ1n) is 5.29. The highest BCUT2D eigenvalue weighted by Gasteiger charge is 2.06. The molecule has 0 aliphatic rings. The molecule has 0 radical (unpaired) electrons. The Morgan fingerprint density at radius 3 is 2.36 bits per heavy atom. The number of Topliss-reactive ketones (excluding diaryl/α,β-unsaturated/α-hetero) is 1. The second-order valence-electron chi connectivity index (χ2n) is 3.84. The lowest BCUT2D eigenvalue weighted by molar-refractivity contribution is -0.120. The predicted molar refractivity (Wildman–Crippen MR) is 55.9 cm³/mol. The SMILES string of the molecule is COC(O)CCCCCC(C)C(C)=O. The van der Waals surface area contributed by atoms with Gasteiger partial charge >= 0.3 is 0 Å². The van der Waals surface area contributed by atoms with Crippen LogP contribution in [0.4, 0.5) is 0 Å². The molecule has 0 saturated heterocycles. The monoisotopic (exact) mass is 202 g/mol. The molecule has 0 spiro atoms. The zero-order chi connectivity index (χ0) is 11.0. The number of rotatable bonds is 8. The van der Waals surface area contributed by atoms with Gasteiger partial charge < -0.3 is 9.84 Å². The van der Waals surface area contributed by atoms with E-state index in [1.807, 2.05) is 6.92 Å². The van der Waals surface area contributed by atoms with Crippen LogP contribution in [-0.2, 0) is 9.53 Å². The first-order chi connectivity index (χ1) is 6.57. The van der Waals surface area contributed by atoms with E-state index in [-0.39, 0.29) is 11.7 Å². The van der Waals surface area contributed by atoms with Crippen LogP contribution in [0.15, 0.2) is 0 Å². The molecular formula is C11H22O3. The number of carbonyl (C=O) groups excluding carboxylic acids is 1. The van der Waals surface area contributed by atoms with Crippen LogP contribution in [0.2, 0.25) is 0 Å². The maximum Gasteiger partial charge on any atom is 0.154 e. The van der Waals surface area contributed by atoms with Crippen molar-refractivity contribution in [2.24, 2.45) is 5.92 Å². The standard InChI is InChI=1S/C11H22O3/c1-9(10(2)12)7-5-4-6-8-11(13)14-3/h9,11,13H,4-8H2,1-3H3. The van der Waals surface area contributed by atoms with E-state index >= 15 is 0 Å². The van der Waals surface area contributed by atoms with Gasteiger partial charge in [0.1, 0.15) is 5.78 Å². The highest BCUT2D eigenvalue weighted by Crippen LogP contribution is 2.12. The van der Waals surface area contributed by atoms with Crippen LogP contribution in [0, 0.1) is 5.92 Å². The first kappa shape index (κ1) is 13.6. The minimum Gasteiger partial charge on any atom is -0.368 e. The molecule has 0 aromatic heterocycles. The molecule has 0 heterocycles. The molecule has 0 aliphatic heterocycles. The minimum atomic E-state index is -0.625. The quantitative estimate of drug-likeness (QED) is 0.484. The van der Waals surface area contributed by atoms with Crippen molar-refractivity contribution in [1.82, 2.24) is 0 Å². The van der Waals surface area contributed by atoms with Crippen molar-refractivity contribution in [3.8, 4) is 0 Å². The second-order valence-corrected chi connectivity index (χ2v) is 3.84. The average Bonchev–Trinajstić information content (AvgIpc) is 2.16. The summed E-state index contributed by atoms with van der Waals surface area (Å²) in [5, 5.41) is 9.08. The van der Waals surface area contributed by atoms with E-state index in [4.69, 9.17) is 9.84 Å². The Morgan fingerprint density at radius 1 is 1.29 bits per heavy atom. The van der Waals surface area contributed by atoms with E-state index in [2.05, 4.69) is 0 Å². The number of ether oxygens (including phenoxy) is 1. The number of aliphatic hydroxyl groups is 1. The van der Waals surface area contributed by atoms with Gasteiger partial charge in [-0.25, -0.2) is 0 Å². The summed E-state index contributed by atoms with van der Waals surface area (Å²) in [5.41, 5.74) is 0. The van der Waals surface area contributed by atoms with Gasteiger partial charge in [-0.05, 0) is 26.2 Å². The van der Waals surface area contributed by atoms with Gasteiger partial charge in [0.05, 0.1) is 0 Å². The van der Waals surface area contributed by atoms with Gasteiger partial charge in [-0.3, -0.25) is 4.79 Å². The second kappa shape index (κ2) is 7.94. The van der Waals surface area contributed by atoms with Crippen LogP contribution in [0.3, 0.4) is 0 Å². The summed E-state index contributed by atoms with van der Waals surface area (Å²) in [7, 11) is 1.50. The van der Waals surface area contributed by atoms with E-state index in [1.54, 1.807) is 6.92 Å². The number of unbranched alkanes of at least 4 members (excludes halogenated alkanes) is 2. The van der Waals surface area contributed by atoms with Crippen molar-refractivity contribution in [1.29, 1.82) is 0 Å². The summed E-state index contributed by atoms with van der Waals surface area (Å²) in [4.78, 5) is 10.9. The lowest BCUT2D eigenvalue weighted by Crippen LogP contribution is -2.08. The van der Waals surface area contributed by atoms with Crippen molar-refractivity contribution >= 4 is 5.78 Å². The highest BCUT2D eigenvalue weighted by molar-refractivity contribution is 5.77. The van der Waals surface area contributed by atoms with E-state index in [9.17, 15) is 4.79 Å². The van der Waals surface area contributed by atoms with E-state index < -0.39 is 6.29 Å². The molecular weight excluding hydrogens is 180 g/mol. The Kier molecular flexibility index (Phi) is 7.71. The molecule has 0 rings (SSSR count). The van der Waals surface area contributed by atoms with Crippen LogP contribution in [0.1, 0.15) is 46.0 Å². The van der Waals surface area contributed by atoms with Crippen molar-refractivity contribution in [3.05, 3.63) is 0 Å². The zero-order valence-electron chi connectivity index (χ0n) is 9.45. The Hall–Kier alpha value is -0.410. The Labute approximate surface area is 86.5 Å². The van der Waals surface area contributed by atoms with Gasteiger partial charge in [-0.1, -0.05) is 19.8 Å². The molecule has 0 aromatic carbocycles. The third kappa shape index (κ3) is 7.04. The fraction of sp³-hybridized carbons (Fsp3) is 0.909. The Balaban J connectivity index is 3.25. The molecule has 2 atom stereocenters. The molecule has 3 heteroatoms. The van der Waals surface area contributed by atoms with Gasteiger partial charge in [0, 0.05) is 13.0 Å². The third-order valence-corrected chi connectivity index (χ3v) is 2.55. The lowest BCUT2D eigenvalue weighted by Gasteiger charge is -2.09. The average molecular weight is 202 g/mol. The summed E-state index contributed by atoms with van der Waals surface area (Å²) in [6.45, 7) is 3.60. The Morgan fingerprint density at radius 2 is 1.86 bits per heavy atom. The van der Waals surface area contributed by atoms with Gasteiger partial charge in [0.15, 0.2) is 6.29 Å². The molecule has 0 amide bonds. The fourth-order valence-electron chi connectivity index (χ4n) is 1.27. The topological polar surface area (TPSA) is 46.5 Å². The summed E-state index contributed by atoms with van der Waals surface area (Å²) in [6.07, 6.45) is 4.08. The van der Waals surface area contributed by atoms with Crippen molar-refractivity contribution < 1.29 is 14.6 Å². The Bertz CT molecular complexity index is 157. The maximum absolute atomic E-state index is 10.9. The number of aliphatic hydroxyl groups excluding tert-OH is 1. The van der Waals surface area contributed by atoms with Gasteiger partial charge in [-0.15, -0.1) is 0 Å². The lowest BCUT2D eigenvalue weighted by atomic mass is 9.99. The summed E-state index contributed by atoms with van der Waals surface area (Å²) < 4.78 is 4.72. The van der Waals surface area contributed by atoms with Crippen molar-refractivity contribution in [2.45, 2.75) is 52.2 Å². The van der Waals surface area contributed by atoms with Crippen molar-refractivity contribution in [3.63, 3.8) is 0 Å². The van der Waals surface area contributed by atoms with Crippen molar-refractivity contribution in [2.75, 3.05) is 7.11 Å². The molecule has 0 bridgehead atoms. The summed E-state index contributed by atoms with van der Waals surface area (Å²) in [5.74, 6) is 0.448. The van der Waals surface area contributed by atoms with Crippen LogP contribution < -0.4 is 0 Å². The maximum atomic E-state index is 10.9. The van der Waals surface area contributed by atoms with Gasteiger partial charge in [0.2, 0.25) is 0 Å². The number of methoxy groups -OCH3 is 1. The van der Waals surface area contributed by atoms with E-state index in [1.165, 1.54) is 7.11 Å². The van der Waals surface area contributed by atoms with Crippen LogP contribution in [0.25, 0.3) is 0 Å². The first-order valence-corrected chi connectivity index (χ1v) is 5.29. The molecule has 0 fully saturated rings. The number of hydrogen-bond donors (Lipinski definition) is 1. The third-order valence-electron chi connectivity index (χ3n) is 2.55. The molecule has 0 saturated carbocycles. The van der Waals surface area contributed by atoms with E-state index in [0.717, 1.165) is 25.7 Å². The predicted octanol–water partition coefficient (Wildman–Crippen LogP) is 2.13. The molecule has 0 aliphatic carbocycles. The van der Waals surface area contributed by atoms with Gasteiger partial charge in [0.25, 0.3) is 0 Å². The summed E-state index contributed by atoms with van der Waals surface area (Å²) >= 11 is 0. The fourth-order valence-corrected chi connectivity index (χ4v) is 1.27. The van der Waals surface area contributed by atoms with Crippen LogP contribution in [0.5, 0.6) is 0 Å². The largest absolute Gasteiger partial charge is 0.368 e. The molecule has 14 heavy (non-hydrogen) atoms. The summed E-state index contributed by atoms with van der Waals surface area (Å²) in [6, 6.07) is 0. The van der Waals surface area contributed by atoms with Crippen LogP contribution in [-0.4, -0.2) is 24.3 Å². The zero-order valence-corrected chi connectivity index (χ0v) is 9.45. The molecule has 3 nitrogen and oxygen atoms in total. The number of hydrogen-bond acceptors (Lipinski definition) is 3. The van der Waals surface area contributed by atoms with Crippen LogP contribution >= 0.6 is 0 Å².